The number of pyridine rings is 1. The molecule has 0 atom stereocenters. The van der Waals surface area contributed by atoms with Gasteiger partial charge in [0.25, 0.3) is 5.89 Å². The number of hydrogen-bond donors (Lipinski definition) is 1. The van der Waals surface area contributed by atoms with Gasteiger partial charge in [-0.25, -0.2) is 4.79 Å². The number of piperidine rings is 1. The molecule has 168 valence electrons. The molecule has 3 aromatic rings. The second kappa shape index (κ2) is 9.48. The van der Waals surface area contributed by atoms with Crippen molar-refractivity contribution in [2.45, 2.75) is 38.5 Å². The Hall–Kier alpha value is -3.26. The van der Waals surface area contributed by atoms with E-state index in [2.05, 4.69) is 15.5 Å². The molecule has 0 radical (unpaired) electrons. The van der Waals surface area contributed by atoms with E-state index in [9.17, 15) is 4.79 Å². The number of ether oxygens (including phenoxy) is 1. The van der Waals surface area contributed by atoms with Gasteiger partial charge in [0, 0.05) is 55.9 Å². The number of urea groups is 1. The number of hydrogen-bond acceptors (Lipinski definition) is 6. The van der Waals surface area contributed by atoms with E-state index in [-0.39, 0.29) is 11.4 Å². The fourth-order valence-electron chi connectivity index (χ4n) is 4.14. The highest BCUT2D eigenvalue weighted by atomic mass is 16.5. The number of nitrogens with zero attached hydrogens (tertiary/aromatic N) is 4. The van der Waals surface area contributed by atoms with Crippen molar-refractivity contribution in [2.24, 2.45) is 0 Å². The van der Waals surface area contributed by atoms with Crippen LogP contribution >= 0.6 is 0 Å². The van der Waals surface area contributed by atoms with Crippen molar-refractivity contribution in [3.63, 3.8) is 0 Å². The molecule has 0 bridgehead atoms. The molecule has 1 aromatic carbocycles. The van der Waals surface area contributed by atoms with Crippen molar-refractivity contribution in [3.8, 4) is 11.5 Å². The lowest BCUT2D eigenvalue weighted by Crippen LogP contribution is -2.47. The number of methoxy groups -OCH3 is 1. The fourth-order valence-corrected chi connectivity index (χ4v) is 4.14. The normalized spacial score (nSPS) is 15.5. The number of carbonyl (C=O) groups is 1. The Kier molecular flexibility index (Phi) is 6.50. The standard InChI is InChI=1S/C24H29N5O3/c1-17-4-5-18(2)20(16-17)26-23(30)29-13-8-24(9-14-29,10-15-31-3)22-27-21(32-28-22)19-6-11-25-12-7-19/h4-7,11-12,16H,8-10,13-15H2,1-3H3,(H,26,30). The topological polar surface area (TPSA) is 93.4 Å². The molecule has 0 saturated carbocycles. The van der Waals surface area contributed by atoms with Crippen molar-refractivity contribution in [1.82, 2.24) is 20.0 Å². The molecule has 32 heavy (non-hydrogen) atoms. The van der Waals surface area contributed by atoms with Gasteiger partial charge in [0.15, 0.2) is 5.82 Å². The molecule has 2 aromatic heterocycles. The van der Waals surface area contributed by atoms with Gasteiger partial charge >= 0.3 is 6.03 Å². The quantitative estimate of drug-likeness (QED) is 0.619. The number of benzene rings is 1. The van der Waals surface area contributed by atoms with E-state index in [1.165, 1.54) is 0 Å². The number of nitrogens with one attached hydrogen (secondary N) is 1. The highest BCUT2D eigenvalue weighted by Crippen LogP contribution is 2.38. The number of anilines is 1. The van der Waals surface area contributed by atoms with Crippen molar-refractivity contribution in [1.29, 1.82) is 0 Å². The van der Waals surface area contributed by atoms with Crippen LogP contribution in [0.4, 0.5) is 10.5 Å². The molecule has 2 amide bonds. The summed E-state index contributed by atoms with van der Waals surface area (Å²) in [6.45, 7) is 5.83. The Labute approximate surface area is 188 Å². The summed E-state index contributed by atoms with van der Waals surface area (Å²) in [6, 6.07) is 9.68. The van der Waals surface area contributed by atoms with Gasteiger partial charge in [0.05, 0.1) is 0 Å². The summed E-state index contributed by atoms with van der Waals surface area (Å²) in [7, 11) is 1.69. The summed E-state index contributed by atoms with van der Waals surface area (Å²) in [5, 5.41) is 7.38. The number of amides is 2. The van der Waals surface area contributed by atoms with Gasteiger partial charge < -0.3 is 19.5 Å². The van der Waals surface area contributed by atoms with Crippen LogP contribution in [0.5, 0.6) is 0 Å². The van der Waals surface area contributed by atoms with Gasteiger partial charge in [-0.1, -0.05) is 17.3 Å². The number of likely N-dealkylation sites (tertiary alicyclic amines) is 1. The maximum Gasteiger partial charge on any atom is 0.321 e. The van der Waals surface area contributed by atoms with Crippen molar-refractivity contribution in [2.75, 3.05) is 32.1 Å². The van der Waals surface area contributed by atoms with Crippen LogP contribution in [0.25, 0.3) is 11.5 Å². The summed E-state index contributed by atoms with van der Waals surface area (Å²) in [4.78, 5) is 23.5. The van der Waals surface area contributed by atoms with Gasteiger partial charge in [0.1, 0.15) is 0 Å². The average molecular weight is 436 g/mol. The van der Waals surface area contributed by atoms with Gasteiger partial charge in [0.2, 0.25) is 0 Å². The van der Waals surface area contributed by atoms with E-state index >= 15 is 0 Å². The minimum absolute atomic E-state index is 0.0790. The molecule has 8 heteroatoms. The lowest BCUT2D eigenvalue weighted by atomic mass is 9.75. The SMILES string of the molecule is COCCC1(c2noc(-c3ccncc3)n2)CCN(C(=O)Nc2cc(C)ccc2C)CC1. The summed E-state index contributed by atoms with van der Waals surface area (Å²) >= 11 is 0. The molecule has 0 aliphatic carbocycles. The number of aryl methyl sites for hydroxylation is 2. The number of rotatable bonds is 6. The molecule has 1 N–H and O–H groups in total. The third kappa shape index (κ3) is 4.65. The third-order valence-corrected chi connectivity index (χ3v) is 6.25. The van der Waals surface area contributed by atoms with E-state index in [0.717, 1.165) is 41.6 Å². The first-order valence-electron chi connectivity index (χ1n) is 10.9. The number of aromatic nitrogens is 3. The van der Waals surface area contributed by atoms with Gasteiger partial charge in [-0.3, -0.25) is 4.98 Å². The molecule has 1 aliphatic heterocycles. The van der Waals surface area contributed by atoms with Crippen molar-refractivity contribution in [3.05, 3.63) is 59.7 Å². The molecule has 0 spiro atoms. The Balaban J connectivity index is 1.48. The van der Waals surface area contributed by atoms with Gasteiger partial charge in [-0.15, -0.1) is 0 Å². The Morgan fingerprint density at radius 3 is 2.66 bits per heavy atom. The molecule has 3 heterocycles. The van der Waals surface area contributed by atoms with Crippen LogP contribution in [0.2, 0.25) is 0 Å². The second-order valence-corrected chi connectivity index (χ2v) is 8.42. The van der Waals surface area contributed by atoms with Crippen LogP contribution in [-0.4, -0.2) is 52.9 Å². The first-order valence-corrected chi connectivity index (χ1v) is 10.9. The Morgan fingerprint density at radius 1 is 1.19 bits per heavy atom. The number of carbonyl (C=O) groups excluding carboxylic acids is 1. The molecule has 0 unspecified atom stereocenters. The maximum atomic E-state index is 12.9. The van der Waals surface area contributed by atoms with Crippen molar-refractivity contribution < 1.29 is 14.1 Å². The fraction of sp³-hybridized carbons (Fsp3) is 0.417. The van der Waals surface area contributed by atoms with Crippen LogP contribution in [0, 0.1) is 13.8 Å². The summed E-state index contributed by atoms with van der Waals surface area (Å²) < 4.78 is 10.9. The maximum absolute atomic E-state index is 12.9. The largest absolute Gasteiger partial charge is 0.385 e. The lowest BCUT2D eigenvalue weighted by molar-refractivity contribution is 0.118. The summed E-state index contributed by atoms with van der Waals surface area (Å²) in [5.41, 5.74) is 3.56. The first-order chi connectivity index (χ1) is 15.5. The molecule has 1 fully saturated rings. The Bertz CT molecular complexity index is 1060. The zero-order valence-electron chi connectivity index (χ0n) is 18.8. The van der Waals surface area contributed by atoms with Crippen LogP contribution < -0.4 is 5.32 Å². The summed E-state index contributed by atoms with van der Waals surface area (Å²) in [5.74, 6) is 1.16. The summed E-state index contributed by atoms with van der Waals surface area (Å²) in [6.07, 6.45) is 5.66. The molecule has 8 nitrogen and oxygen atoms in total. The molecule has 4 rings (SSSR count). The smallest absolute Gasteiger partial charge is 0.321 e. The van der Waals surface area contributed by atoms with Crippen LogP contribution in [0.1, 0.15) is 36.2 Å². The van der Waals surface area contributed by atoms with Crippen LogP contribution in [0.15, 0.2) is 47.2 Å². The van der Waals surface area contributed by atoms with Crippen LogP contribution in [-0.2, 0) is 10.2 Å². The molecular weight excluding hydrogens is 406 g/mol. The molecule has 1 saturated heterocycles. The first kappa shape index (κ1) is 22.0. The van der Waals surface area contributed by atoms with E-state index in [4.69, 9.17) is 14.2 Å². The predicted molar refractivity (Wildman–Crippen MR) is 121 cm³/mol. The zero-order chi connectivity index (χ0) is 22.6. The minimum atomic E-state index is -0.291. The molecular formula is C24H29N5O3. The second-order valence-electron chi connectivity index (χ2n) is 8.42. The lowest BCUT2D eigenvalue weighted by Gasteiger charge is -2.39. The third-order valence-electron chi connectivity index (χ3n) is 6.25. The van der Waals surface area contributed by atoms with E-state index in [1.807, 2.05) is 49.1 Å². The highest BCUT2D eigenvalue weighted by Gasteiger charge is 2.41. The predicted octanol–water partition coefficient (Wildman–Crippen LogP) is 4.35. The Morgan fingerprint density at radius 2 is 1.94 bits per heavy atom. The van der Waals surface area contributed by atoms with Crippen molar-refractivity contribution >= 4 is 11.7 Å². The van der Waals surface area contributed by atoms with E-state index in [1.54, 1.807) is 19.5 Å². The minimum Gasteiger partial charge on any atom is -0.385 e. The van der Waals surface area contributed by atoms with Crippen LogP contribution in [0.3, 0.4) is 0 Å². The average Bonchev–Trinajstić information content (AvgIpc) is 3.32. The van der Waals surface area contributed by atoms with Gasteiger partial charge in [-0.05, 0) is 62.4 Å². The van der Waals surface area contributed by atoms with E-state index in [0.29, 0.717) is 31.4 Å². The van der Waals surface area contributed by atoms with Gasteiger partial charge in [-0.2, -0.15) is 4.98 Å². The highest BCUT2D eigenvalue weighted by molar-refractivity contribution is 5.90. The molecule has 1 aliphatic rings. The zero-order valence-corrected chi connectivity index (χ0v) is 18.8. The van der Waals surface area contributed by atoms with E-state index < -0.39 is 0 Å². The monoisotopic (exact) mass is 435 g/mol.